The number of carbonyl (C=O) groups is 1. The van der Waals surface area contributed by atoms with E-state index in [1.807, 2.05) is 25.1 Å². The number of aryl methyl sites for hydroxylation is 1. The molecule has 0 radical (unpaired) electrons. The molecule has 1 amide bonds. The molecule has 0 N–H and O–H groups in total. The van der Waals surface area contributed by atoms with Crippen LogP contribution in [0.2, 0.25) is 0 Å². The summed E-state index contributed by atoms with van der Waals surface area (Å²) in [6.07, 6.45) is 7.50. The van der Waals surface area contributed by atoms with Crippen molar-refractivity contribution in [3.63, 3.8) is 0 Å². The fraction of sp³-hybridized carbons (Fsp3) is 0.310. The Morgan fingerprint density at radius 1 is 1.00 bits per heavy atom. The summed E-state index contributed by atoms with van der Waals surface area (Å²) in [5.74, 6) is 0.827. The number of fused-ring (bicyclic) bond motifs is 2. The highest BCUT2D eigenvalue weighted by atomic mass is 16.5. The molecule has 2 aromatic carbocycles. The van der Waals surface area contributed by atoms with E-state index in [2.05, 4.69) is 16.9 Å². The summed E-state index contributed by atoms with van der Waals surface area (Å²) in [6.45, 7) is 4.66. The van der Waals surface area contributed by atoms with Gasteiger partial charge in [0, 0.05) is 12.4 Å². The smallest absolute Gasteiger partial charge is 0.297 e. The highest BCUT2D eigenvalue weighted by Gasteiger charge is 2.45. The minimum Gasteiger partial charge on any atom is -0.493 e. The molecule has 0 saturated carbocycles. The van der Waals surface area contributed by atoms with E-state index >= 15 is 0 Å². The summed E-state index contributed by atoms with van der Waals surface area (Å²) in [6, 6.07) is 11.7. The van der Waals surface area contributed by atoms with Crippen molar-refractivity contribution in [3.05, 3.63) is 87.5 Å². The van der Waals surface area contributed by atoms with Crippen LogP contribution in [0.1, 0.15) is 65.9 Å². The molecular weight excluding hydrogens is 470 g/mol. The van der Waals surface area contributed by atoms with Gasteiger partial charge in [-0.05, 0) is 49.2 Å². The number of amides is 1. The Morgan fingerprint density at radius 2 is 1.81 bits per heavy atom. The van der Waals surface area contributed by atoms with E-state index < -0.39 is 11.9 Å². The Balaban J connectivity index is 1.62. The first-order chi connectivity index (χ1) is 18.0. The van der Waals surface area contributed by atoms with Crippen molar-refractivity contribution in [2.75, 3.05) is 18.6 Å². The zero-order chi connectivity index (χ0) is 25.9. The first-order valence-corrected chi connectivity index (χ1v) is 12.5. The van der Waals surface area contributed by atoms with Crippen LogP contribution >= 0.6 is 0 Å². The predicted molar refractivity (Wildman–Crippen MR) is 141 cm³/mol. The first kappa shape index (κ1) is 24.5. The van der Waals surface area contributed by atoms with Crippen LogP contribution in [-0.4, -0.2) is 29.6 Å². The fourth-order valence-electron chi connectivity index (χ4n) is 4.71. The highest BCUT2D eigenvalue weighted by Crippen LogP contribution is 2.42. The number of anilines is 1. The molecule has 1 unspecified atom stereocenters. The van der Waals surface area contributed by atoms with Crippen LogP contribution < -0.4 is 19.8 Å². The maximum absolute atomic E-state index is 13.8. The van der Waals surface area contributed by atoms with Crippen molar-refractivity contribution < 1.29 is 18.7 Å². The number of ether oxygens (including phenoxy) is 2. The lowest BCUT2D eigenvalue weighted by atomic mass is 9.98. The molecule has 0 bridgehead atoms. The lowest BCUT2D eigenvalue weighted by Gasteiger charge is -2.24. The van der Waals surface area contributed by atoms with Gasteiger partial charge in [-0.25, -0.2) is 9.97 Å². The zero-order valence-electron chi connectivity index (χ0n) is 21.2. The summed E-state index contributed by atoms with van der Waals surface area (Å²) in [5.41, 5.74) is 1.94. The quantitative estimate of drug-likeness (QED) is 0.276. The van der Waals surface area contributed by atoms with Crippen LogP contribution in [0.25, 0.3) is 11.0 Å². The number of carbonyl (C=O) groups excluding carboxylic acids is 1. The normalized spacial score (nSPS) is 14.7. The second-order valence-electron chi connectivity index (χ2n) is 9.12. The summed E-state index contributed by atoms with van der Waals surface area (Å²) in [7, 11) is 1.57. The molecule has 8 nitrogen and oxygen atoms in total. The Hall–Kier alpha value is -4.20. The number of hydrogen-bond donors (Lipinski definition) is 0. The number of rotatable bonds is 9. The topological polar surface area (TPSA) is 94.8 Å². The standard InChI is InChI=1S/C29H29N3O5/c1-4-5-6-7-15-36-22-12-10-19(17-23(22)35-3)25-24-26(33)20-16-18(2)9-11-21(20)37-27(24)28(34)32(25)29-30-13-8-14-31-29/h8-14,16-17,25H,4-7,15H2,1-3H3. The molecule has 8 heteroatoms. The lowest BCUT2D eigenvalue weighted by Crippen LogP contribution is -2.31. The number of methoxy groups -OCH3 is 1. The van der Waals surface area contributed by atoms with Gasteiger partial charge in [0.05, 0.1) is 30.7 Å². The van der Waals surface area contributed by atoms with Crippen LogP contribution in [-0.2, 0) is 0 Å². The Kier molecular flexibility index (Phi) is 6.90. The summed E-state index contributed by atoms with van der Waals surface area (Å²) >= 11 is 0. The van der Waals surface area contributed by atoms with E-state index in [0.29, 0.717) is 34.6 Å². The van der Waals surface area contributed by atoms with Gasteiger partial charge in [-0.15, -0.1) is 0 Å². The van der Waals surface area contributed by atoms with E-state index in [1.165, 1.54) is 11.3 Å². The van der Waals surface area contributed by atoms with Crippen LogP contribution in [0.3, 0.4) is 0 Å². The first-order valence-electron chi connectivity index (χ1n) is 12.5. The maximum Gasteiger partial charge on any atom is 0.297 e. The molecule has 4 aromatic rings. The summed E-state index contributed by atoms with van der Waals surface area (Å²) in [5, 5.41) is 0.423. The molecule has 190 valence electrons. The van der Waals surface area contributed by atoms with Gasteiger partial charge in [-0.1, -0.05) is 43.9 Å². The van der Waals surface area contributed by atoms with Crippen LogP contribution in [0.4, 0.5) is 5.95 Å². The monoisotopic (exact) mass is 499 g/mol. The highest BCUT2D eigenvalue weighted by molar-refractivity contribution is 6.09. The average molecular weight is 500 g/mol. The SMILES string of the molecule is CCCCCCOc1ccc(C2c3c(oc4ccc(C)cc4c3=O)C(=O)N2c2ncccn2)cc1OC. The second-order valence-corrected chi connectivity index (χ2v) is 9.12. The molecule has 5 rings (SSSR count). The Bertz CT molecular complexity index is 1500. The number of hydrogen-bond acceptors (Lipinski definition) is 7. The van der Waals surface area contributed by atoms with Crippen LogP contribution in [0, 0.1) is 6.92 Å². The predicted octanol–water partition coefficient (Wildman–Crippen LogP) is 5.61. The van der Waals surface area contributed by atoms with Crippen molar-refractivity contribution in [1.29, 1.82) is 0 Å². The molecule has 1 aliphatic rings. The maximum atomic E-state index is 13.8. The van der Waals surface area contributed by atoms with E-state index in [1.54, 1.807) is 43.8 Å². The van der Waals surface area contributed by atoms with Gasteiger partial charge in [-0.2, -0.15) is 0 Å². The van der Waals surface area contributed by atoms with E-state index in [-0.39, 0.29) is 22.7 Å². The van der Waals surface area contributed by atoms with Gasteiger partial charge in [0.2, 0.25) is 11.7 Å². The average Bonchev–Trinajstić information content (AvgIpc) is 3.22. The van der Waals surface area contributed by atoms with Gasteiger partial charge in [-0.3, -0.25) is 14.5 Å². The Morgan fingerprint density at radius 3 is 2.57 bits per heavy atom. The van der Waals surface area contributed by atoms with Gasteiger partial charge in [0.1, 0.15) is 5.58 Å². The molecule has 1 atom stereocenters. The van der Waals surface area contributed by atoms with Gasteiger partial charge < -0.3 is 13.9 Å². The van der Waals surface area contributed by atoms with Crippen LogP contribution in [0.5, 0.6) is 11.5 Å². The van der Waals surface area contributed by atoms with Crippen molar-refractivity contribution in [3.8, 4) is 11.5 Å². The van der Waals surface area contributed by atoms with Crippen molar-refractivity contribution >= 4 is 22.8 Å². The molecule has 2 aromatic heterocycles. The molecule has 0 spiro atoms. The largest absolute Gasteiger partial charge is 0.493 e. The summed E-state index contributed by atoms with van der Waals surface area (Å²) in [4.78, 5) is 37.5. The van der Waals surface area contributed by atoms with Crippen molar-refractivity contribution in [2.45, 2.75) is 45.6 Å². The van der Waals surface area contributed by atoms with Crippen molar-refractivity contribution in [1.82, 2.24) is 9.97 Å². The van der Waals surface area contributed by atoms with Crippen LogP contribution in [0.15, 0.2) is 64.1 Å². The Labute approximate surface area is 214 Å². The number of unbranched alkanes of at least 4 members (excludes halogenated alkanes) is 3. The molecule has 3 heterocycles. The molecule has 37 heavy (non-hydrogen) atoms. The molecule has 0 fully saturated rings. The van der Waals surface area contributed by atoms with E-state index in [9.17, 15) is 9.59 Å². The molecule has 1 aliphatic heterocycles. The minimum atomic E-state index is -0.793. The minimum absolute atomic E-state index is 0.00553. The molecular formula is C29H29N3O5. The number of aromatic nitrogens is 2. The van der Waals surface area contributed by atoms with Gasteiger partial charge in [0.15, 0.2) is 16.9 Å². The number of nitrogens with zero attached hydrogens (tertiary/aromatic N) is 3. The van der Waals surface area contributed by atoms with E-state index in [4.69, 9.17) is 13.9 Å². The lowest BCUT2D eigenvalue weighted by molar-refractivity contribution is 0.0969. The third-order valence-corrected chi connectivity index (χ3v) is 6.55. The third kappa shape index (κ3) is 4.55. The van der Waals surface area contributed by atoms with E-state index in [0.717, 1.165) is 24.8 Å². The zero-order valence-corrected chi connectivity index (χ0v) is 21.2. The molecule has 0 saturated heterocycles. The van der Waals surface area contributed by atoms with Gasteiger partial charge >= 0.3 is 0 Å². The second kappa shape index (κ2) is 10.4. The third-order valence-electron chi connectivity index (χ3n) is 6.55. The van der Waals surface area contributed by atoms with Gasteiger partial charge in [0.25, 0.3) is 5.91 Å². The van der Waals surface area contributed by atoms with Crippen molar-refractivity contribution in [2.24, 2.45) is 0 Å². The fourth-order valence-corrected chi connectivity index (χ4v) is 4.71. The summed E-state index contributed by atoms with van der Waals surface area (Å²) < 4.78 is 17.6. The molecule has 0 aliphatic carbocycles. The number of benzene rings is 2.